The van der Waals surface area contributed by atoms with Gasteiger partial charge in [0.2, 0.25) is 11.8 Å². The molecule has 0 radical (unpaired) electrons. The largest absolute Gasteiger partial charge is 0.328 e. The smallest absolute Gasteiger partial charge is 0.246 e. The van der Waals surface area contributed by atoms with E-state index in [4.69, 9.17) is 11.6 Å². The van der Waals surface area contributed by atoms with Gasteiger partial charge < -0.3 is 9.80 Å². The van der Waals surface area contributed by atoms with E-state index < -0.39 is 5.41 Å². The van der Waals surface area contributed by atoms with Gasteiger partial charge in [0.15, 0.2) is 0 Å². The summed E-state index contributed by atoms with van der Waals surface area (Å²) in [7, 11) is 0. The van der Waals surface area contributed by atoms with E-state index in [-0.39, 0.29) is 24.4 Å². The van der Waals surface area contributed by atoms with E-state index in [2.05, 4.69) is 0 Å². The molecule has 1 saturated heterocycles. The molecule has 2 amide bonds. The number of aryl methyl sites for hydroxylation is 1. The second-order valence-electron chi connectivity index (χ2n) is 7.69. The van der Waals surface area contributed by atoms with Crippen molar-refractivity contribution in [2.75, 3.05) is 18.0 Å². The van der Waals surface area contributed by atoms with Gasteiger partial charge in [-0.15, -0.1) is 0 Å². The van der Waals surface area contributed by atoms with Crippen molar-refractivity contribution in [2.24, 2.45) is 0 Å². The number of anilines is 1. The zero-order chi connectivity index (χ0) is 19.2. The second-order valence-corrected chi connectivity index (χ2v) is 8.09. The van der Waals surface area contributed by atoms with E-state index in [1.54, 1.807) is 15.9 Å². The molecule has 0 bridgehead atoms. The third kappa shape index (κ3) is 3.12. The number of rotatable bonds is 3. The zero-order valence-electron chi connectivity index (χ0n) is 15.6. The molecule has 1 aliphatic heterocycles. The van der Waals surface area contributed by atoms with Crippen LogP contribution < -0.4 is 4.90 Å². The molecule has 4 nitrogen and oxygen atoms in total. The Balaban J connectivity index is 1.56. The number of carbonyl (C=O) groups is 2. The van der Waals surface area contributed by atoms with Crippen LogP contribution in [-0.4, -0.2) is 35.8 Å². The minimum Gasteiger partial charge on any atom is -0.328 e. The Morgan fingerprint density at radius 3 is 2.41 bits per heavy atom. The fraction of sp³-hybridized carbons (Fsp3) is 0.364. The lowest BCUT2D eigenvalue weighted by Gasteiger charge is -2.41. The highest BCUT2D eigenvalue weighted by Crippen LogP contribution is 2.50. The summed E-state index contributed by atoms with van der Waals surface area (Å²) in [4.78, 5) is 29.6. The van der Waals surface area contributed by atoms with Gasteiger partial charge in [-0.3, -0.25) is 9.59 Å². The Labute approximate surface area is 164 Å². The predicted molar refractivity (Wildman–Crippen MR) is 107 cm³/mol. The van der Waals surface area contributed by atoms with E-state index in [9.17, 15) is 9.59 Å². The summed E-state index contributed by atoms with van der Waals surface area (Å²) < 4.78 is 0. The number of hydrogen-bond acceptors (Lipinski definition) is 2. The van der Waals surface area contributed by atoms with Crippen LogP contribution in [-0.2, 0) is 15.0 Å². The number of amides is 2. The number of para-hydroxylation sites is 1. The van der Waals surface area contributed by atoms with Crippen molar-refractivity contribution >= 4 is 29.1 Å². The highest BCUT2D eigenvalue weighted by molar-refractivity contribution is 6.33. The number of benzene rings is 2. The summed E-state index contributed by atoms with van der Waals surface area (Å²) in [5, 5.41) is 0.552. The first-order valence-corrected chi connectivity index (χ1v) is 9.73. The first-order valence-electron chi connectivity index (χ1n) is 9.35. The lowest BCUT2D eigenvalue weighted by Crippen LogP contribution is -2.59. The summed E-state index contributed by atoms with van der Waals surface area (Å²) in [6.07, 6.45) is 1.70. The van der Waals surface area contributed by atoms with Gasteiger partial charge in [0.1, 0.15) is 6.54 Å². The van der Waals surface area contributed by atoms with Crippen LogP contribution in [0.4, 0.5) is 5.69 Å². The molecule has 4 rings (SSSR count). The SMILES string of the molecule is Cc1ccc(C2(C(=O)N3CC(=O)N(c4ccccc4Cl)CC3C)CC2)cc1. The van der Waals surface area contributed by atoms with Gasteiger partial charge in [-0.05, 0) is 44.4 Å². The number of halogens is 1. The molecular formula is C22H23ClN2O2. The molecule has 2 aliphatic rings. The van der Waals surface area contributed by atoms with E-state index in [0.29, 0.717) is 17.3 Å². The minimum absolute atomic E-state index is 0.0607. The average molecular weight is 383 g/mol. The number of carbonyl (C=O) groups excluding carboxylic acids is 2. The first-order chi connectivity index (χ1) is 12.9. The van der Waals surface area contributed by atoms with Crippen molar-refractivity contribution in [3.05, 3.63) is 64.7 Å². The molecule has 0 spiro atoms. The quantitative estimate of drug-likeness (QED) is 0.806. The van der Waals surface area contributed by atoms with E-state index >= 15 is 0 Å². The van der Waals surface area contributed by atoms with Crippen molar-refractivity contribution in [1.29, 1.82) is 0 Å². The molecule has 1 unspecified atom stereocenters. The Kier molecular flexibility index (Phi) is 4.47. The highest BCUT2D eigenvalue weighted by atomic mass is 35.5. The molecular weight excluding hydrogens is 360 g/mol. The average Bonchev–Trinajstić information content (AvgIpc) is 3.46. The van der Waals surface area contributed by atoms with Crippen molar-refractivity contribution in [3.63, 3.8) is 0 Å². The molecule has 2 aromatic carbocycles. The predicted octanol–water partition coefficient (Wildman–Crippen LogP) is 3.94. The van der Waals surface area contributed by atoms with E-state index in [1.165, 1.54) is 5.56 Å². The van der Waals surface area contributed by atoms with Gasteiger partial charge in [0, 0.05) is 12.6 Å². The van der Waals surface area contributed by atoms with Crippen LogP contribution in [0.15, 0.2) is 48.5 Å². The molecule has 2 aromatic rings. The van der Waals surface area contributed by atoms with Crippen LogP contribution in [0.2, 0.25) is 5.02 Å². The molecule has 2 fully saturated rings. The maximum absolute atomic E-state index is 13.4. The third-order valence-electron chi connectivity index (χ3n) is 5.75. The van der Waals surface area contributed by atoms with Gasteiger partial charge in [0.25, 0.3) is 0 Å². The van der Waals surface area contributed by atoms with Gasteiger partial charge >= 0.3 is 0 Å². The van der Waals surface area contributed by atoms with E-state index in [1.807, 2.05) is 56.3 Å². The second kappa shape index (κ2) is 6.68. The van der Waals surface area contributed by atoms with Crippen LogP contribution in [0.3, 0.4) is 0 Å². The molecule has 1 atom stereocenters. The van der Waals surface area contributed by atoms with Crippen LogP contribution in [0.25, 0.3) is 0 Å². The van der Waals surface area contributed by atoms with Crippen LogP contribution in [0, 0.1) is 6.92 Å². The maximum atomic E-state index is 13.4. The van der Waals surface area contributed by atoms with Crippen LogP contribution >= 0.6 is 11.6 Å². The van der Waals surface area contributed by atoms with Gasteiger partial charge in [0.05, 0.1) is 16.1 Å². The topological polar surface area (TPSA) is 40.6 Å². The van der Waals surface area contributed by atoms with Crippen LogP contribution in [0.1, 0.15) is 30.9 Å². The molecule has 1 aliphatic carbocycles. The van der Waals surface area contributed by atoms with Crippen molar-refractivity contribution in [1.82, 2.24) is 4.90 Å². The summed E-state index contributed by atoms with van der Waals surface area (Å²) in [5.74, 6) is -0.0136. The molecule has 27 heavy (non-hydrogen) atoms. The van der Waals surface area contributed by atoms with E-state index in [0.717, 1.165) is 18.4 Å². The molecule has 0 N–H and O–H groups in total. The summed E-state index contributed by atoms with van der Waals surface area (Å²) in [6, 6.07) is 15.5. The minimum atomic E-state index is -0.450. The lowest BCUT2D eigenvalue weighted by molar-refractivity contribution is -0.141. The first kappa shape index (κ1) is 18.1. The molecule has 1 heterocycles. The lowest BCUT2D eigenvalue weighted by atomic mass is 9.92. The Morgan fingerprint density at radius 1 is 1.11 bits per heavy atom. The Bertz CT molecular complexity index is 889. The normalized spacial score (nSPS) is 21.3. The van der Waals surface area contributed by atoms with Crippen molar-refractivity contribution in [2.45, 2.75) is 38.1 Å². The summed E-state index contributed by atoms with van der Waals surface area (Å²) >= 11 is 6.27. The van der Waals surface area contributed by atoms with Gasteiger partial charge in [-0.25, -0.2) is 0 Å². The fourth-order valence-electron chi connectivity index (χ4n) is 3.93. The summed E-state index contributed by atoms with van der Waals surface area (Å²) in [6.45, 7) is 4.59. The summed E-state index contributed by atoms with van der Waals surface area (Å²) in [5.41, 5.74) is 2.50. The number of nitrogens with zero attached hydrogens (tertiary/aromatic N) is 2. The monoisotopic (exact) mass is 382 g/mol. The van der Waals surface area contributed by atoms with Gasteiger partial charge in [-0.2, -0.15) is 0 Å². The van der Waals surface area contributed by atoms with Crippen molar-refractivity contribution in [3.8, 4) is 0 Å². The number of hydrogen-bond donors (Lipinski definition) is 0. The van der Waals surface area contributed by atoms with Crippen molar-refractivity contribution < 1.29 is 9.59 Å². The molecule has 1 saturated carbocycles. The molecule has 140 valence electrons. The molecule has 0 aromatic heterocycles. The van der Waals surface area contributed by atoms with Crippen LogP contribution in [0.5, 0.6) is 0 Å². The highest BCUT2D eigenvalue weighted by Gasteiger charge is 2.54. The standard InChI is InChI=1S/C22H23ClN2O2/c1-15-7-9-17(10-8-15)22(11-12-22)21(27)24-14-20(26)25(13-16(24)2)19-6-4-3-5-18(19)23/h3-10,16H,11-14H2,1-2H3. The number of piperazine rings is 1. The molecule has 5 heteroatoms. The fourth-order valence-corrected chi connectivity index (χ4v) is 4.16. The third-order valence-corrected chi connectivity index (χ3v) is 6.07. The van der Waals surface area contributed by atoms with Gasteiger partial charge in [-0.1, -0.05) is 53.6 Å². The Hall–Kier alpha value is -2.33. The Morgan fingerprint density at radius 2 is 1.78 bits per heavy atom. The zero-order valence-corrected chi connectivity index (χ0v) is 16.4. The maximum Gasteiger partial charge on any atom is 0.246 e.